The van der Waals surface area contributed by atoms with E-state index in [1.807, 2.05) is 6.92 Å². The molecule has 0 aliphatic carbocycles. The number of hydrogen-bond acceptors (Lipinski definition) is 4. The van der Waals surface area contributed by atoms with E-state index in [-0.39, 0.29) is 6.10 Å². The van der Waals surface area contributed by atoms with E-state index < -0.39 is 17.7 Å². The average molecular weight is 229 g/mol. The van der Waals surface area contributed by atoms with Gasteiger partial charge < -0.3 is 14.9 Å². The fourth-order valence-corrected chi connectivity index (χ4v) is 2.50. The molecule has 0 aromatic rings. The molecule has 2 aliphatic rings. The van der Waals surface area contributed by atoms with Gasteiger partial charge in [0, 0.05) is 19.6 Å². The van der Waals surface area contributed by atoms with Crippen molar-refractivity contribution < 1.29 is 19.7 Å². The lowest BCUT2D eigenvalue weighted by Gasteiger charge is -2.21. The van der Waals surface area contributed by atoms with Crippen molar-refractivity contribution >= 4 is 5.97 Å². The molecule has 2 aliphatic heterocycles. The van der Waals surface area contributed by atoms with Crippen molar-refractivity contribution in [3.8, 4) is 0 Å². The van der Waals surface area contributed by atoms with Gasteiger partial charge in [-0.2, -0.15) is 0 Å². The van der Waals surface area contributed by atoms with E-state index in [1.54, 1.807) is 0 Å². The molecule has 92 valence electrons. The topological polar surface area (TPSA) is 70.0 Å². The van der Waals surface area contributed by atoms with Crippen LogP contribution in [0.5, 0.6) is 0 Å². The van der Waals surface area contributed by atoms with Crippen LogP contribution < -0.4 is 0 Å². The molecule has 16 heavy (non-hydrogen) atoms. The van der Waals surface area contributed by atoms with Crippen LogP contribution in [0.3, 0.4) is 0 Å². The molecule has 0 amide bonds. The maximum atomic E-state index is 10.7. The molecule has 2 heterocycles. The van der Waals surface area contributed by atoms with Crippen molar-refractivity contribution in [1.82, 2.24) is 4.90 Å². The highest BCUT2D eigenvalue weighted by Gasteiger charge is 2.36. The van der Waals surface area contributed by atoms with Crippen molar-refractivity contribution in [3.05, 3.63) is 0 Å². The van der Waals surface area contributed by atoms with E-state index in [4.69, 9.17) is 9.84 Å². The highest BCUT2D eigenvalue weighted by Crippen LogP contribution is 2.25. The number of ether oxygens (including phenoxy) is 1. The molecule has 3 unspecified atom stereocenters. The zero-order chi connectivity index (χ0) is 11.8. The molecule has 0 radical (unpaired) electrons. The summed E-state index contributed by atoms with van der Waals surface area (Å²) >= 11 is 0. The normalized spacial score (nSPS) is 40.4. The van der Waals surface area contributed by atoms with Crippen molar-refractivity contribution in [3.63, 3.8) is 0 Å². The number of aliphatic carboxylic acids is 1. The second-order valence-electron chi connectivity index (χ2n) is 5.14. The number of nitrogens with zero attached hydrogens (tertiary/aromatic N) is 1. The van der Waals surface area contributed by atoms with Gasteiger partial charge in [0.1, 0.15) is 0 Å². The smallest absolute Gasteiger partial charge is 0.332 e. The van der Waals surface area contributed by atoms with E-state index in [1.165, 1.54) is 0 Å². The monoisotopic (exact) mass is 229 g/mol. The van der Waals surface area contributed by atoms with Crippen LogP contribution in [0.25, 0.3) is 0 Å². The van der Waals surface area contributed by atoms with Gasteiger partial charge in [0.25, 0.3) is 0 Å². The third-order valence-corrected chi connectivity index (χ3v) is 3.38. The minimum atomic E-state index is -0.865. The highest BCUT2D eigenvalue weighted by atomic mass is 16.5. The largest absolute Gasteiger partial charge is 0.479 e. The van der Waals surface area contributed by atoms with Gasteiger partial charge in [-0.25, -0.2) is 4.79 Å². The Morgan fingerprint density at radius 2 is 2.31 bits per heavy atom. The van der Waals surface area contributed by atoms with Crippen LogP contribution in [0.1, 0.15) is 26.2 Å². The van der Waals surface area contributed by atoms with Crippen molar-refractivity contribution in [2.45, 2.75) is 44.0 Å². The van der Waals surface area contributed by atoms with Gasteiger partial charge in [0.15, 0.2) is 6.10 Å². The Labute approximate surface area is 95.0 Å². The van der Waals surface area contributed by atoms with E-state index in [9.17, 15) is 9.90 Å². The van der Waals surface area contributed by atoms with Crippen LogP contribution in [0.2, 0.25) is 0 Å². The van der Waals surface area contributed by atoms with E-state index in [0.29, 0.717) is 13.0 Å². The Bertz CT molecular complexity index is 279. The maximum absolute atomic E-state index is 10.7. The summed E-state index contributed by atoms with van der Waals surface area (Å²) in [5.41, 5.74) is -0.592. The number of aliphatic hydroxyl groups is 1. The minimum Gasteiger partial charge on any atom is -0.479 e. The fourth-order valence-electron chi connectivity index (χ4n) is 2.50. The lowest BCUT2D eigenvalue weighted by atomic mass is 10.1. The first-order valence-electron chi connectivity index (χ1n) is 5.79. The summed E-state index contributed by atoms with van der Waals surface area (Å²) < 4.78 is 5.43. The predicted molar refractivity (Wildman–Crippen MR) is 57.2 cm³/mol. The molecule has 0 aromatic carbocycles. The van der Waals surface area contributed by atoms with Crippen LogP contribution in [0, 0.1) is 0 Å². The van der Waals surface area contributed by atoms with E-state index in [0.717, 1.165) is 25.9 Å². The summed E-state index contributed by atoms with van der Waals surface area (Å²) in [7, 11) is 0. The second kappa shape index (κ2) is 4.31. The zero-order valence-electron chi connectivity index (χ0n) is 9.56. The Balaban J connectivity index is 1.78. The summed E-state index contributed by atoms with van der Waals surface area (Å²) in [4.78, 5) is 12.9. The number of carbonyl (C=O) groups is 1. The van der Waals surface area contributed by atoms with E-state index >= 15 is 0 Å². The Morgan fingerprint density at radius 1 is 1.56 bits per heavy atom. The third-order valence-electron chi connectivity index (χ3n) is 3.38. The molecule has 5 nitrogen and oxygen atoms in total. The maximum Gasteiger partial charge on any atom is 0.332 e. The molecule has 0 spiro atoms. The number of β-amino-alcohol motifs (C(OH)–C–C–N with tert-alkyl or cyclic N) is 1. The first-order valence-corrected chi connectivity index (χ1v) is 5.79. The number of rotatable bonds is 3. The molecule has 0 saturated carbocycles. The van der Waals surface area contributed by atoms with Gasteiger partial charge in [-0.1, -0.05) is 0 Å². The highest BCUT2D eigenvalue weighted by molar-refractivity contribution is 5.72. The molecule has 2 fully saturated rings. The molecular formula is C11H19NO4. The second-order valence-corrected chi connectivity index (χ2v) is 5.14. The molecular weight excluding hydrogens is 210 g/mol. The Hall–Kier alpha value is -0.650. The number of likely N-dealkylation sites (tertiary alicyclic amines) is 1. The van der Waals surface area contributed by atoms with Crippen molar-refractivity contribution in [1.29, 1.82) is 0 Å². The minimum absolute atomic E-state index is 0.00926. The molecule has 2 saturated heterocycles. The Kier molecular flexibility index (Phi) is 3.19. The third kappa shape index (κ3) is 2.72. The zero-order valence-corrected chi connectivity index (χ0v) is 9.56. The standard InChI is InChI=1S/C11H19NO4/c1-11(15)4-5-12(7-11)6-8-2-3-9(16-8)10(13)14/h8-9,15H,2-7H2,1H3,(H,13,14). The van der Waals surface area contributed by atoms with Crippen molar-refractivity contribution in [2.24, 2.45) is 0 Å². The SMILES string of the molecule is CC1(O)CCN(CC2CCC(C(=O)O)O2)C1. The average Bonchev–Trinajstić information content (AvgIpc) is 2.73. The number of carboxylic acids is 1. The van der Waals surface area contributed by atoms with Gasteiger partial charge in [-0.05, 0) is 26.2 Å². The van der Waals surface area contributed by atoms with Gasteiger partial charge in [-0.3, -0.25) is 4.90 Å². The van der Waals surface area contributed by atoms with Gasteiger partial charge in [0.05, 0.1) is 11.7 Å². The number of carboxylic acid groups (broad SMARTS) is 1. The van der Waals surface area contributed by atoms with E-state index in [2.05, 4.69) is 4.90 Å². The lowest BCUT2D eigenvalue weighted by Crippen LogP contribution is -2.35. The molecule has 2 N–H and O–H groups in total. The van der Waals surface area contributed by atoms with Crippen LogP contribution in [0.4, 0.5) is 0 Å². The predicted octanol–water partition coefficient (Wildman–Crippen LogP) is 0.0753. The summed E-state index contributed by atoms with van der Waals surface area (Å²) in [5, 5.41) is 18.6. The molecule has 0 aromatic heterocycles. The van der Waals surface area contributed by atoms with Crippen LogP contribution >= 0.6 is 0 Å². The summed E-state index contributed by atoms with van der Waals surface area (Å²) in [6.07, 6.45) is 1.56. The summed E-state index contributed by atoms with van der Waals surface area (Å²) in [6, 6.07) is 0. The quantitative estimate of drug-likeness (QED) is 0.717. The van der Waals surface area contributed by atoms with Crippen molar-refractivity contribution in [2.75, 3.05) is 19.6 Å². The summed E-state index contributed by atoms with van der Waals surface area (Å²) in [5.74, 6) is -0.865. The molecule has 0 bridgehead atoms. The fraction of sp³-hybridized carbons (Fsp3) is 0.909. The lowest BCUT2D eigenvalue weighted by molar-refractivity contribution is -0.149. The van der Waals surface area contributed by atoms with Gasteiger partial charge in [-0.15, -0.1) is 0 Å². The Morgan fingerprint density at radius 3 is 2.81 bits per heavy atom. The summed E-state index contributed by atoms with van der Waals surface area (Å²) in [6.45, 7) is 4.09. The van der Waals surface area contributed by atoms with Crippen LogP contribution in [-0.4, -0.2) is 58.5 Å². The molecule has 5 heteroatoms. The van der Waals surface area contributed by atoms with Crippen LogP contribution in [-0.2, 0) is 9.53 Å². The van der Waals surface area contributed by atoms with Crippen LogP contribution in [0.15, 0.2) is 0 Å². The number of hydrogen-bond donors (Lipinski definition) is 2. The molecule has 3 atom stereocenters. The van der Waals surface area contributed by atoms with Gasteiger partial charge >= 0.3 is 5.97 Å². The first-order chi connectivity index (χ1) is 7.46. The van der Waals surface area contributed by atoms with Gasteiger partial charge in [0.2, 0.25) is 0 Å². The molecule has 2 rings (SSSR count). The first kappa shape index (κ1) is 11.8.